The maximum absolute atomic E-state index is 12.1. The number of fused-ring (bicyclic) bond motifs is 1. The van der Waals surface area contributed by atoms with Crippen LogP contribution in [-0.4, -0.2) is 17.6 Å². The van der Waals surface area contributed by atoms with Crippen LogP contribution in [0.3, 0.4) is 0 Å². The van der Waals surface area contributed by atoms with Gasteiger partial charge in [0.05, 0.1) is 18.8 Å². The lowest BCUT2D eigenvalue weighted by Gasteiger charge is -2.11. The zero-order valence-electron chi connectivity index (χ0n) is 13.7. The molecule has 0 aliphatic carbocycles. The SMILES string of the molecule is Cc1ccc2c(CC(=O)NCCC(O)c3ccccc3)coc2c1. The van der Waals surface area contributed by atoms with Crippen LogP contribution in [0, 0.1) is 6.92 Å². The van der Waals surface area contributed by atoms with Gasteiger partial charge in [-0.15, -0.1) is 0 Å². The Hall–Kier alpha value is -2.59. The van der Waals surface area contributed by atoms with Gasteiger partial charge in [0.15, 0.2) is 0 Å². The van der Waals surface area contributed by atoms with Crippen LogP contribution in [0.5, 0.6) is 0 Å². The molecule has 2 N–H and O–H groups in total. The molecule has 1 aromatic heterocycles. The van der Waals surface area contributed by atoms with Crippen molar-refractivity contribution in [3.8, 4) is 0 Å². The highest BCUT2D eigenvalue weighted by molar-refractivity contribution is 5.87. The molecule has 4 heteroatoms. The lowest BCUT2D eigenvalue weighted by molar-refractivity contribution is -0.120. The highest BCUT2D eigenvalue weighted by atomic mass is 16.3. The summed E-state index contributed by atoms with van der Waals surface area (Å²) in [7, 11) is 0. The minimum atomic E-state index is -0.566. The molecule has 24 heavy (non-hydrogen) atoms. The van der Waals surface area contributed by atoms with E-state index in [9.17, 15) is 9.90 Å². The molecule has 0 aliphatic rings. The summed E-state index contributed by atoms with van der Waals surface area (Å²) in [5.41, 5.74) is 3.68. The number of benzene rings is 2. The van der Waals surface area contributed by atoms with Crippen LogP contribution in [-0.2, 0) is 11.2 Å². The topological polar surface area (TPSA) is 62.5 Å². The van der Waals surface area contributed by atoms with E-state index in [1.54, 1.807) is 6.26 Å². The maximum Gasteiger partial charge on any atom is 0.224 e. The second-order valence-electron chi connectivity index (χ2n) is 6.00. The van der Waals surface area contributed by atoms with Gasteiger partial charge in [0.2, 0.25) is 5.91 Å². The van der Waals surface area contributed by atoms with Crippen molar-refractivity contribution >= 4 is 16.9 Å². The van der Waals surface area contributed by atoms with E-state index in [1.807, 2.05) is 55.5 Å². The van der Waals surface area contributed by atoms with Crippen LogP contribution < -0.4 is 5.32 Å². The number of aliphatic hydroxyl groups excluding tert-OH is 1. The van der Waals surface area contributed by atoms with E-state index in [1.165, 1.54) is 0 Å². The quantitative estimate of drug-likeness (QED) is 0.729. The highest BCUT2D eigenvalue weighted by Crippen LogP contribution is 2.22. The number of furan rings is 1. The third-order valence-corrected chi connectivity index (χ3v) is 4.09. The lowest BCUT2D eigenvalue weighted by atomic mass is 10.1. The summed E-state index contributed by atoms with van der Waals surface area (Å²) >= 11 is 0. The van der Waals surface area contributed by atoms with E-state index < -0.39 is 6.10 Å². The summed E-state index contributed by atoms with van der Waals surface area (Å²) in [4.78, 5) is 12.1. The Balaban J connectivity index is 1.52. The van der Waals surface area contributed by atoms with Crippen LogP contribution in [0.2, 0.25) is 0 Å². The first-order valence-electron chi connectivity index (χ1n) is 8.10. The van der Waals surface area contributed by atoms with Gasteiger partial charge in [-0.3, -0.25) is 4.79 Å². The van der Waals surface area contributed by atoms with E-state index in [0.29, 0.717) is 13.0 Å². The second-order valence-corrected chi connectivity index (χ2v) is 6.00. The minimum Gasteiger partial charge on any atom is -0.464 e. The molecule has 1 unspecified atom stereocenters. The van der Waals surface area contributed by atoms with Gasteiger partial charge in [0.25, 0.3) is 0 Å². The zero-order chi connectivity index (χ0) is 16.9. The number of aryl methyl sites for hydroxylation is 1. The molecule has 0 spiro atoms. The summed E-state index contributed by atoms with van der Waals surface area (Å²) in [6.45, 7) is 2.44. The van der Waals surface area contributed by atoms with Gasteiger partial charge < -0.3 is 14.8 Å². The van der Waals surface area contributed by atoms with Gasteiger partial charge in [-0.2, -0.15) is 0 Å². The maximum atomic E-state index is 12.1. The fourth-order valence-electron chi connectivity index (χ4n) is 2.75. The molecule has 2 aromatic carbocycles. The van der Waals surface area contributed by atoms with Crippen LogP contribution in [0.4, 0.5) is 0 Å². The summed E-state index contributed by atoms with van der Waals surface area (Å²) in [6, 6.07) is 15.4. The van der Waals surface area contributed by atoms with Gasteiger partial charge >= 0.3 is 0 Å². The number of carbonyl (C=O) groups excluding carboxylic acids is 1. The van der Waals surface area contributed by atoms with E-state index in [2.05, 4.69) is 5.32 Å². The van der Waals surface area contributed by atoms with E-state index >= 15 is 0 Å². The van der Waals surface area contributed by atoms with Gasteiger partial charge in [0, 0.05) is 17.5 Å². The molecule has 1 heterocycles. The fraction of sp³-hybridized carbons (Fsp3) is 0.250. The minimum absolute atomic E-state index is 0.0708. The molecule has 3 rings (SSSR count). The Morgan fingerprint density at radius 2 is 2.00 bits per heavy atom. The van der Waals surface area contributed by atoms with Crippen molar-refractivity contribution in [1.82, 2.24) is 5.32 Å². The molecule has 1 atom stereocenters. The van der Waals surface area contributed by atoms with Gasteiger partial charge in [-0.1, -0.05) is 42.5 Å². The Labute approximate surface area is 141 Å². The standard InChI is InChI=1S/C20H21NO3/c1-14-7-8-17-16(13-24-19(17)11-14)12-20(23)21-10-9-18(22)15-5-3-2-4-6-15/h2-8,11,13,18,22H,9-10,12H2,1H3,(H,21,23). The van der Waals surface area contributed by atoms with Crippen molar-refractivity contribution in [2.45, 2.75) is 25.9 Å². The molecule has 0 radical (unpaired) electrons. The monoisotopic (exact) mass is 323 g/mol. The molecule has 0 fully saturated rings. The van der Waals surface area contributed by atoms with Gasteiger partial charge in [-0.05, 0) is 30.5 Å². The van der Waals surface area contributed by atoms with Crippen molar-refractivity contribution < 1.29 is 14.3 Å². The van der Waals surface area contributed by atoms with Gasteiger partial charge in [0.1, 0.15) is 5.58 Å². The smallest absolute Gasteiger partial charge is 0.224 e. The van der Waals surface area contributed by atoms with Crippen LogP contribution >= 0.6 is 0 Å². The molecule has 0 bridgehead atoms. The number of aliphatic hydroxyl groups is 1. The molecule has 0 saturated heterocycles. The van der Waals surface area contributed by atoms with Crippen LogP contribution in [0.25, 0.3) is 11.0 Å². The average Bonchev–Trinajstić information content (AvgIpc) is 2.97. The third-order valence-electron chi connectivity index (χ3n) is 4.09. The van der Waals surface area contributed by atoms with Gasteiger partial charge in [-0.25, -0.2) is 0 Å². The van der Waals surface area contributed by atoms with E-state index in [4.69, 9.17) is 4.42 Å². The molecule has 0 aliphatic heterocycles. The lowest BCUT2D eigenvalue weighted by Crippen LogP contribution is -2.27. The number of amides is 1. The van der Waals surface area contributed by atoms with Crippen molar-refractivity contribution in [2.75, 3.05) is 6.54 Å². The number of nitrogens with one attached hydrogen (secondary N) is 1. The Bertz CT molecular complexity index is 823. The molecular formula is C20H21NO3. The van der Waals surface area contributed by atoms with E-state index in [0.717, 1.165) is 27.7 Å². The van der Waals surface area contributed by atoms with Crippen molar-refractivity contribution in [2.24, 2.45) is 0 Å². The first-order valence-corrected chi connectivity index (χ1v) is 8.10. The van der Waals surface area contributed by atoms with Crippen molar-refractivity contribution in [3.05, 3.63) is 71.5 Å². The molecule has 3 aromatic rings. The van der Waals surface area contributed by atoms with Crippen LogP contribution in [0.15, 0.2) is 59.2 Å². The summed E-state index contributed by atoms with van der Waals surface area (Å²) in [5.74, 6) is -0.0708. The van der Waals surface area contributed by atoms with Crippen molar-refractivity contribution in [3.63, 3.8) is 0 Å². The van der Waals surface area contributed by atoms with Crippen molar-refractivity contribution in [1.29, 1.82) is 0 Å². The Kier molecular flexibility index (Phi) is 4.96. The summed E-state index contributed by atoms with van der Waals surface area (Å²) in [6.07, 6.45) is 1.84. The molecular weight excluding hydrogens is 302 g/mol. The van der Waals surface area contributed by atoms with E-state index in [-0.39, 0.29) is 12.3 Å². The first-order chi connectivity index (χ1) is 11.6. The predicted molar refractivity (Wildman–Crippen MR) is 93.7 cm³/mol. The number of carbonyl (C=O) groups is 1. The molecule has 124 valence electrons. The fourth-order valence-corrected chi connectivity index (χ4v) is 2.75. The first kappa shape index (κ1) is 16.3. The Morgan fingerprint density at radius 1 is 1.21 bits per heavy atom. The average molecular weight is 323 g/mol. The largest absolute Gasteiger partial charge is 0.464 e. The zero-order valence-corrected chi connectivity index (χ0v) is 13.7. The molecule has 0 saturated carbocycles. The number of rotatable bonds is 6. The summed E-state index contributed by atoms with van der Waals surface area (Å²) < 4.78 is 5.51. The second kappa shape index (κ2) is 7.32. The normalized spacial score (nSPS) is 12.2. The highest BCUT2D eigenvalue weighted by Gasteiger charge is 2.11. The van der Waals surface area contributed by atoms with Crippen LogP contribution in [0.1, 0.15) is 29.2 Å². The Morgan fingerprint density at radius 3 is 2.79 bits per heavy atom. The molecule has 1 amide bonds. The molecule has 4 nitrogen and oxygen atoms in total. The predicted octanol–water partition coefficient (Wildman–Crippen LogP) is 3.52. The number of hydrogen-bond donors (Lipinski definition) is 2. The third kappa shape index (κ3) is 3.84. The number of hydrogen-bond acceptors (Lipinski definition) is 3. The summed E-state index contributed by atoms with van der Waals surface area (Å²) in [5, 5.41) is 13.9.